The molecular weight excluding hydrogens is 345 g/mol. The van der Waals surface area contributed by atoms with Gasteiger partial charge in [-0.3, -0.25) is 0 Å². The average molecular weight is 359 g/mol. The predicted octanol–water partition coefficient (Wildman–Crippen LogP) is 4.32. The highest BCUT2D eigenvalue weighted by Gasteiger charge is 2.07. The van der Waals surface area contributed by atoms with Gasteiger partial charge in [-0.25, -0.2) is 4.39 Å². The summed E-state index contributed by atoms with van der Waals surface area (Å²) in [6, 6.07) is 10.1. The number of benzene rings is 2. The van der Waals surface area contributed by atoms with E-state index in [1.165, 1.54) is 12.1 Å². The molecule has 2 aromatic rings. The van der Waals surface area contributed by atoms with Crippen molar-refractivity contribution in [3.05, 3.63) is 62.8 Å². The molecule has 0 aliphatic rings. The monoisotopic (exact) mass is 357 g/mol. The highest BCUT2D eigenvalue weighted by atomic mass is 79.9. The van der Waals surface area contributed by atoms with Crippen LogP contribution in [0.3, 0.4) is 0 Å². The lowest BCUT2D eigenvalue weighted by Crippen LogP contribution is -2.06. The van der Waals surface area contributed by atoms with Crippen LogP contribution >= 0.6 is 27.5 Å². The van der Waals surface area contributed by atoms with E-state index >= 15 is 0 Å². The highest BCUT2D eigenvalue weighted by molar-refractivity contribution is 9.10. The molecule has 0 unspecified atom stereocenters. The van der Waals surface area contributed by atoms with Gasteiger partial charge in [-0.1, -0.05) is 27.5 Å². The van der Waals surface area contributed by atoms with E-state index in [0.29, 0.717) is 29.3 Å². The minimum Gasteiger partial charge on any atom is -0.489 e. The molecule has 0 fully saturated rings. The molecule has 0 radical (unpaired) electrons. The molecule has 106 valence electrons. The zero-order chi connectivity index (χ0) is 14.5. The smallest absolute Gasteiger partial charge is 0.129 e. The number of hydrogen-bond acceptors (Lipinski definition) is 2. The standard InChI is InChI=1S/C15H14BrClFNO/c16-12-1-4-15(10(7-12)5-6-19)20-9-11-8-13(17)2-3-14(11)18/h1-4,7-8H,5-6,9,19H2. The maximum atomic E-state index is 13.6. The van der Waals surface area contributed by atoms with Crippen LogP contribution in [0.25, 0.3) is 0 Å². The third-order valence-electron chi connectivity index (χ3n) is 2.83. The molecule has 5 heteroatoms. The van der Waals surface area contributed by atoms with Crippen molar-refractivity contribution in [2.45, 2.75) is 13.0 Å². The maximum Gasteiger partial charge on any atom is 0.129 e. The summed E-state index contributed by atoms with van der Waals surface area (Å²) in [5.41, 5.74) is 7.00. The molecule has 2 nitrogen and oxygen atoms in total. The summed E-state index contributed by atoms with van der Waals surface area (Å²) in [5, 5.41) is 0.489. The largest absolute Gasteiger partial charge is 0.489 e. The number of nitrogens with two attached hydrogens (primary N) is 1. The van der Waals surface area contributed by atoms with Crippen LogP contribution in [0.4, 0.5) is 4.39 Å². The van der Waals surface area contributed by atoms with Crippen LogP contribution in [-0.4, -0.2) is 6.54 Å². The molecule has 0 saturated carbocycles. The molecule has 0 aliphatic carbocycles. The molecule has 2 rings (SSSR count). The van der Waals surface area contributed by atoms with Crippen LogP contribution in [0.2, 0.25) is 5.02 Å². The van der Waals surface area contributed by atoms with Crippen molar-refractivity contribution >= 4 is 27.5 Å². The Hall–Kier alpha value is -1.10. The molecule has 0 bridgehead atoms. The van der Waals surface area contributed by atoms with E-state index < -0.39 is 0 Å². The molecule has 20 heavy (non-hydrogen) atoms. The first-order chi connectivity index (χ1) is 9.60. The van der Waals surface area contributed by atoms with Crippen molar-refractivity contribution < 1.29 is 9.13 Å². The Morgan fingerprint density at radius 3 is 2.70 bits per heavy atom. The van der Waals surface area contributed by atoms with Crippen molar-refractivity contribution in [1.29, 1.82) is 0 Å². The lowest BCUT2D eigenvalue weighted by molar-refractivity contribution is 0.296. The van der Waals surface area contributed by atoms with Crippen molar-refractivity contribution in [3.8, 4) is 5.75 Å². The highest BCUT2D eigenvalue weighted by Crippen LogP contribution is 2.25. The van der Waals surface area contributed by atoms with Crippen molar-refractivity contribution in [1.82, 2.24) is 0 Å². The quantitative estimate of drug-likeness (QED) is 0.864. The second-order valence-electron chi connectivity index (χ2n) is 4.32. The molecule has 0 saturated heterocycles. The van der Waals surface area contributed by atoms with Gasteiger partial charge in [-0.15, -0.1) is 0 Å². The molecule has 2 N–H and O–H groups in total. The Morgan fingerprint density at radius 2 is 1.95 bits per heavy atom. The molecule has 0 aliphatic heterocycles. The minimum atomic E-state index is -0.327. The third kappa shape index (κ3) is 3.95. The van der Waals surface area contributed by atoms with Gasteiger partial charge in [-0.2, -0.15) is 0 Å². The molecule has 2 aromatic carbocycles. The zero-order valence-corrected chi connectivity index (χ0v) is 13.0. The summed E-state index contributed by atoms with van der Waals surface area (Å²) in [4.78, 5) is 0. The van der Waals surface area contributed by atoms with Gasteiger partial charge >= 0.3 is 0 Å². The SMILES string of the molecule is NCCc1cc(Br)ccc1OCc1cc(Cl)ccc1F. The normalized spacial score (nSPS) is 10.6. The Kier molecular flexibility index (Phi) is 5.40. The number of ether oxygens (including phenoxy) is 1. The summed E-state index contributed by atoms with van der Waals surface area (Å²) in [7, 11) is 0. The summed E-state index contributed by atoms with van der Waals surface area (Å²) >= 11 is 9.27. The summed E-state index contributed by atoms with van der Waals surface area (Å²) in [6.45, 7) is 0.657. The van der Waals surface area contributed by atoms with Gasteiger partial charge in [-0.05, 0) is 54.9 Å². The first-order valence-electron chi connectivity index (χ1n) is 6.15. The first-order valence-corrected chi connectivity index (χ1v) is 7.32. The van der Waals surface area contributed by atoms with Crippen LogP contribution in [0.1, 0.15) is 11.1 Å². The van der Waals surface area contributed by atoms with Crippen LogP contribution in [0, 0.1) is 5.82 Å². The Labute approximate surface area is 130 Å². The summed E-state index contributed by atoms with van der Waals surface area (Å²) < 4.78 is 20.3. The molecule has 0 atom stereocenters. The van der Waals surface area contributed by atoms with Gasteiger partial charge in [0, 0.05) is 15.1 Å². The topological polar surface area (TPSA) is 35.2 Å². The van der Waals surface area contributed by atoms with E-state index in [-0.39, 0.29) is 12.4 Å². The molecular formula is C15H14BrClFNO. The van der Waals surface area contributed by atoms with Crippen LogP contribution in [0.5, 0.6) is 5.75 Å². The van der Waals surface area contributed by atoms with Gasteiger partial charge in [0.25, 0.3) is 0 Å². The first kappa shape index (κ1) is 15.3. The van der Waals surface area contributed by atoms with Crippen LogP contribution in [-0.2, 0) is 13.0 Å². The van der Waals surface area contributed by atoms with Crippen LogP contribution < -0.4 is 10.5 Å². The van der Waals surface area contributed by atoms with E-state index in [9.17, 15) is 4.39 Å². The Bertz CT molecular complexity index is 606. The fourth-order valence-corrected chi connectivity index (χ4v) is 2.45. The van der Waals surface area contributed by atoms with Gasteiger partial charge in [0.15, 0.2) is 0 Å². The van der Waals surface area contributed by atoms with E-state index in [0.717, 1.165) is 10.0 Å². The van der Waals surface area contributed by atoms with Gasteiger partial charge in [0.2, 0.25) is 0 Å². The van der Waals surface area contributed by atoms with E-state index in [1.54, 1.807) is 6.07 Å². The predicted molar refractivity (Wildman–Crippen MR) is 82.6 cm³/mol. The third-order valence-corrected chi connectivity index (χ3v) is 3.56. The van der Waals surface area contributed by atoms with E-state index in [2.05, 4.69) is 15.9 Å². The fourth-order valence-electron chi connectivity index (χ4n) is 1.85. The van der Waals surface area contributed by atoms with E-state index in [4.69, 9.17) is 22.1 Å². The summed E-state index contributed by atoms with van der Waals surface area (Å²) in [5.74, 6) is 0.380. The number of halogens is 3. The van der Waals surface area contributed by atoms with Crippen molar-refractivity contribution in [2.24, 2.45) is 5.73 Å². The lowest BCUT2D eigenvalue weighted by atomic mass is 10.1. The van der Waals surface area contributed by atoms with Gasteiger partial charge < -0.3 is 10.5 Å². The van der Waals surface area contributed by atoms with E-state index in [1.807, 2.05) is 18.2 Å². The van der Waals surface area contributed by atoms with Crippen LogP contribution in [0.15, 0.2) is 40.9 Å². The van der Waals surface area contributed by atoms with Crippen molar-refractivity contribution in [2.75, 3.05) is 6.54 Å². The zero-order valence-electron chi connectivity index (χ0n) is 10.7. The second-order valence-corrected chi connectivity index (χ2v) is 5.67. The lowest BCUT2D eigenvalue weighted by Gasteiger charge is -2.12. The van der Waals surface area contributed by atoms with Crippen molar-refractivity contribution in [3.63, 3.8) is 0 Å². The molecule has 0 heterocycles. The minimum absolute atomic E-state index is 0.131. The fraction of sp³-hybridized carbons (Fsp3) is 0.200. The molecule has 0 amide bonds. The summed E-state index contributed by atoms with van der Waals surface area (Å²) in [6.07, 6.45) is 0.701. The number of hydrogen-bond donors (Lipinski definition) is 1. The average Bonchev–Trinajstić information content (AvgIpc) is 2.42. The molecule has 0 aromatic heterocycles. The van der Waals surface area contributed by atoms with Gasteiger partial charge in [0.1, 0.15) is 18.2 Å². The Morgan fingerprint density at radius 1 is 1.15 bits per heavy atom. The number of rotatable bonds is 5. The maximum absolute atomic E-state index is 13.6. The van der Waals surface area contributed by atoms with Gasteiger partial charge in [0.05, 0.1) is 0 Å². The molecule has 0 spiro atoms. The second kappa shape index (κ2) is 7.07. The Balaban J connectivity index is 2.16.